The molecule has 0 aromatic carbocycles. The molecule has 0 amide bonds. The number of hydrogen-bond donors (Lipinski definition) is 6. The van der Waals surface area contributed by atoms with Crippen LogP contribution in [0.2, 0.25) is 0 Å². The molecule has 2 rings (SSSR count). The molecule has 16 nitrogen and oxygen atoms in total. The molecule has 2 aliphatic rings. The van der Waals surface area contributed by atoms with Crippen LogP contribution >= 0.6 is 23.5 Å². The monoisotopic (exact) mass is 654 g/mol. The van der Waals surface area contributed by atoms with Crippen LogP contribution in [0.1, 0.15) is 32.6 Å². The second kappa shape index (κ2) is 37.4. The van der Waals surface area contributed by atoms with Gasteiger partial charge in [0.25, 0.3) is 0 Å². The van der Waals surface area contributed by atoms with Crippen molar-refractivity contribution in [1.82, 2.24) is 0 Å². The number of aliphatic hydroxyl groups is 4. The maximum absolute atomic E-state index is 10.1. The predicted octanol–water partition coefficient (Wildman–Crippen LogP) is -9.91. The second-order valence-corrected chi connectivity index (χ2v) is 8.40. The quantitative estimate of drug-likeness (QED) is 0.105. The van der Waals surface area contributed by atoms with Gasteiger partial charge < -0.3 is 59.9 Å². The Bertz CT molecular complexity index is 675. The molecule has 0 aromatic rings. The summed E-state index contributed by atoms with van der Waals surface area (Å²) in [5.41, 5.74) is 0. The van der Waals surface area contributed by atoms with E-state index in [9.17, 15) is 39.0 Å². The minimum atomic E-state index is -1.54. The third-order valence-electron chi connectivity index (χ3n) is 3.32. The Morgan fingerprint density at radius 2 is 1.24 bits per heavy atom. The summed E-state index contributed by atoms with van der Waals surface area (Å²) in [4.78, 5) is 58.2. The van der Waals surface area contributed by atoms with Crippen LogP contribution in [0.4, 0.5) is 0 Å². The number of carbonyl (C=O) groups excluding carboxylic acids is 4. The molecule has 0 spiro atoms. The van der Waals surface area contributed by atoms with E-state index in [2.05, 4.69) is 9.47 Å². The van der Waals surface area contributed by atoms with Crippen LogP contribution < -0.4 is 69.3 Å². The van der Waals surface area contributed by atoms with Crippen molar-refractivity contribution in [3.63, 3.8) is 0 Å². The summed E-state index contributed by atoms with van der Waals surface area (Å²) < 4.78 is 8.75. The van der Waals surface area contributed by atoms with E-state index >= 15 is 0 Å². The number of ether oxygens (including phenoxy) is 2. The Morgan fingerprint density at radius 3 is 1.29 bits per heavy atom. The first-order valence-electron chi connectivity index (χ1n) is 10.9. The molecule has 0 aromatic heterocycles. The number of carboxylic acids is 4. The van der Waals surface area contributed by atoms with Crippen LogP contribution in [0.3, 0.4) is 0 Å². The molecule has 41 heavy (non-hydrogen) atoms. The average molecular weight is 655 g/mol. The standard InChI is InChI=1S/C4H8O4.2C4H6O3.2C3H6O2S.C3H6O2.2Na/c5-2-1-3(6)4(7)8;2*5-3-1-2-7-4(3)6;2*1-6-2-3(4)5;1-2-3(4)5;;/h3,5-6H,1-2H2,(H,7,8);2*3,5H,1-2H2;2*2H2,1H3,(H,4,5);2H2,1H3,(H,4,5);;/q;;;;;;2*+1/p-2. The molecule has 0 saturated carbocycles. The maximum Gasteiger partial charge on any atom is 1.00 e. The van der Waals surface area contributed by atoms with E-state index in [1.54, 1.807) is 19.4 Å². The van der Waals surface area contributed by atoms with Crippen molar-refractivity contribution in [3.8, 4) is 0 Å². The Morgan fingerprint density at radius 1 is 0.878 bits per heavy atom. The Labute approximate surface area is 290 Å². The van der Waals surface area contributed by atoms with Crippen LogP contribution in [-0.2, 0) is 38.2 Å². The minimum absolute atomic E-state index is 0. The predicted molar refractivity (Wildman–Crippen MR) is 133 cm³/mol. The van der Waals surface area contributed by atoms with Crippen LogP contribution in [-0.4, -0.2) is 129 Å². The molecule has 230 valence electrons. The van der Waals surface area contributed by atoms with Gasteiger partial charge in [0, 0.05) is 38.0 Å². The van der Waals surface area contributed by atoms with E-state index in [0.717, 1.165) is 0 Å². The Kier molecular flexibility index (Phi) is 48.3. The van der Waals surface area contributed by atoms with Crippen molar-refractivity contribution in [2.24, 2.45) is 0 Å². The minimum Gasteiger partial charge on any atom is -0.549 e. The zero-order chi connectivity index (χ0) is 31.4. The van der Waals surface area contributed by atoms with Gasteiger partial charge in [0.15, 0.2) is 12.2 Å². The smallest absolute Gasteiger partial charge is 0.549 e. The molecule has 2 saturated heterocycles. The fourth-order valence-electron chi connectivity index (χ4n) is 1.45. The number of carbonyl (C=O) groups is 6. The third-order valence-corrected chi connectivity index (χ3v) is 4.38. The SMILES string of the molecule is CCC(=O)O.CSCC(=O)O.CSCC(=O)[O-].O=C([O-])C(O)CCO.O=C1OCCC1O.O=C1OCCC1O.[Na+].[Na+]. The largest absolute Gasteiger partial charge is 1.00 e. The number of cyclic esters (lactones) is 2. The number of aliphatic hydroxyl groups excluding tert-OH is 4. The van der Waals surface area contributed by atoms with Crippen molar-refractivity contribution in [3.05, 3.63) is 0 Å². The van der Waals surface area contributed by atoms with Gasteiger partial charge in [0.05, 0.1) is 37.0 Å². The number of esters is 2. The fourth-order valence-corrected chi connectivity index (χ4v) is 1.93. The van der Waals surface area contributed by atoms with Gasteiger partial charge in [-0.05, 0) is 12.5 Å². The molecule has 0 bridgehead atoms. The third kappa shape index (κ3) is 46.5. The zero-order valence-corrected chi connectivity index (χ0v) is 29.3. The van der Waals surface area contributed by atoms with Gasteiger partial charge in [0.2, 0.25) is 0 Å². The van der Waals surface area contributed by atoms with Crippen LogP contribution in [0.5, 0.6) is 0 Å². The van der Waals surface area contributed by atoms with Gasteiger partial charge in [-0.3, -0.25) is 9.59 Å². The molecular formula is C21H36Na2O16S2. The van der Waals surface area contributed by atoms with Crippen molar-refractivity contribution >= 4 is 59.3 Å². The van der Waals surface area contributed by atoms with Crippen LogP contribution in [0, 0.1) is 0 Å². The van der Waals surface area contributed by atoms with E-state index < -0.39 is 54.1 Å². The number of rotatable bonds is 8. The first-order valence-corrected chi connectivity index (χ1v) is 13.7. The molecule has 0 radical (unpaired) electrons. The van der Waals surface area contributed by atoms with Gasteiger partial charge in [-0.15, -0.1) is 0 Å². The van der Waals surface area contributed by atoms with E-state index in [0.29, 0.717) is 26.1 Å². The van der Waals surface area contributed by atoms with E-state index in [1.807, 2.05) is 0 Å². The topological polar surface area (TPSA) is 288 Å². The molecule has 2 heterocycles. The summed E-state index contributed by atoms with van der Waals surface area (Å²) in [6.07, 6.45) is 1.23. The van der Waals surface area contributed by atoms with E-state index in [-0.39, 0.29) is 90.1 Å². The number of carboxylic acid groups (broad SMARTS) is 4. The molecule has 0 aliphatic carbocycles. The number of hydrogen-bond acceptors (Lipinski definition) is 16. The summed E-state index contributed by atoms with van der Waals surface area (Å²) in [6, 6.07) is 0. The first kappa shape index (κ1) is 53.0. The number of thioether (sulfide) groups is 2. The molecule has 20 heteroatoms. The summed E-state index contributed by atoms with van der Waals surface area (Å²) in [7, 11) is 0. The molecule has 3 unspecified atom stereocenters. The number of aliphatic carboxylic acids is 4. The van der Waals surface area contributed by atoms with Gasteiger partial charge in [-0.1, -0.05) is 6.92 Å². The van der Waals surface area contributed by atoms with Crippen LogP contribution in [0.15, 0.2) is 0 Å². The van der Waals surface area contributed by atoms with E-state index in [1.165, 1.54) is 23.5 Å². The van der Waals surface area contributed by atoms with Crippen molar-refractivity contribution in [1.29, 1.82) is 0 Å². The van der Waals surface area contributed by atoms with E-state index in [4.69, 9.17) is 30.6 Å². The Balaban J connectivity index is -0.0000000893. The van der Waals surface area contributed by atoms with Gasteiger partial charge in [-0.25, -0.2) is 9.59 Å². The van der Waals surface area contributed by atoms with Crippen molar-refractivity contribution in [2.45, 2.75) is 50.9 Å². The van der Waals surface area contributed by atoms with Crippen LogP contribution in [0.25, 0.3) is 0 Å². The summed E-state index contributed by atoms with van der Waals surface area (Å²) in [5, 5.41) is 68.1. The molecule has 2 aliphatic heterocycles. The Hall–Kier alpha value is -0.640. The second-order valence-electron chi connectivity index (χ2n) is 6.67. The normalized spacial score (nSPS) is 16.3. The summed E-state index contributed by atoms with van der Waals surface area (Å²) in [5.74, 6) is -4.70. The van der Waals surface area contributed by atoms with Gasteiger partial charge in [0.1, 0.15) is 0 Å². The van der Waals surface area contributed by atoms with Gasteiger partial charge >= 0.3 is 83.0 Å². The molecule has 2 fully saturated rings. The molecular weight excluding hydrogens is 618 g/mol. The summed E-state index contributed by atoms with van der Waals surface area (Å²) >= 11 is 2.56. The maximum atomic E-state index is 10.1. The van der Waals surface area contributed by atoms with Crippen molar-refractivity contribution < 1.29 is 138 Å². The zero-order valence-electron chi connectivity index (χ0n) is 23.7. The summed E-state index contributed by atoms with van der Waals surface area (Å²) in [6.45, 7) is 2.01. The van der Waals surface area contributed by atoms with Crippen molar-refractivity contribution in [2.75, 3.05) is 43.8 Å². The molecule has 3 atom stereocenters. The fraction of sp³-hybridized carbons (Fsp3) is 0.714. The average Bonchev–Trinajstić information content (AvgIpc) is 3.41. The first-order chi connectivity index (χ1) is 18.1. The molecule has 6 N–H and O–H groups in total. The van der Waals surface area contributed by atoms with Gasteiger partial charge in [-0.2, -0.15) is 23.5 Å².